The SMILES string of the molecule is O=C(O)[C@H]1CC=CC[C@H]1C(=O)NC1CCS(=O)CC1. The quantitative estimate of drug-likeness (QED) is 0.747. The van der Waals surface area contributed by atoms with Gasteiger partial charge in [0.05, 0.1) is 11.8 Å². The molecule has 1 saturated heterocycles. The maximum absolute atomic E-state index is 12.2. The van der Waals surface area contributed by atoms with Crippen molar-refractivity contribution in [1.82, 2.24) is 5.32 Å². The Kier molecular flexibility index (Phi) is 4.74. The first-order valence-corrected chi connectivity index (χ1v) is 8.10. The van der Waals surface area contributed by atoms with Crippen LogP contribution in [0, 0.1) is 11.8 Å². The molecule has 0 unspecified atom stereocenters. The number of amides is 1. The molecule has 2 aliphatic rings. The Morgan fingerprint density at radius 3 is 2.26 bits per heavy atom. The number of aliphatic carboxylic acids is 1. The number of allylic oxidation sites excluding steroid dienone is 2. The maximum atomic E-state index is 12.2. The first-order valence-electron chi connectivity index (χ1n) is 6.61. The average Bonchev–Trinajstić information content (AvgIpc) is 2.41. The molecule has 1 aliphatic carbocycles. The molecule has 0 aromatic carbocycles. The molecule has 19 heavy (non-hydrogen) atoms. The maximum Gasteiger partial charge on any atom is 0.307 e. The lowest BCUT2D eigenvalue weighted by Crippen LogP contribution is -2.45. The van der Waals surface area contributed by atoms with E-state index in [1.165, 1.54) is 0 Å². The smallest absolute Gasteiger partial charge is 0.307 e. The van der Waals surface area contributed by atoms with Gasteiger partial charge in [-0.15, -0.1) is 0 Å². The normalized spacial score (nSPS) is 34.7. The van der Waals surface area contributed by atoms with Crippen molar-refractivity contribution in [2.24, 2.45) is 11.8 Å². The molecule has 1 amide bonds. The standard InChI is InChI=1S/C13H19NO4S/c15-12(14-9-5-7-19(18)8-6-9)10-3-1-2-4-11(10)13(16)17/h1-2,9-11H,3-8H2,(H,14,15)(H,16,17)/t9?,10-,11+,19?/m1/s1. The van der Waals surface area contributed by atoms with Crippen LogP contribution in [-0.2, 0) is 20.4 Å². The van der Waals surface area contributed by atoms with Crippen LogP contribution in [0.15, 0.2) is 12.2 Å². The molecular formula is C13H19NO4S. The molecule has 2 atom stereocenters. The molecule has 0 saturated carbocycles. The zero-order chi connectivity index (χ0) is 13.8. The number of nitrogens with one attached hydrogen (secondary N) is 1. The summed E-state index contributed by atoms with van der Waals surface area (Å²) >= 11 is 0. The third kappa shape index (κ3) is 3.65. The van der Waals surface area contributed by atoms with Crippen molar-refractivity contribution >= 4 is 22.7 Å². The molecule has 1 fully saturated rings. The summed E-state index contributed by atoms with van der Waals surface area (Å²) < 4.78 is 11.2. The Labute approximate surface area is 114 Å². The van der Waals surface area contributed by atoms with Crippen LogP contribution in [0.2, 0.25) is 0 Å². The second-order valence-electron chi connectivity index (χ2n) is 5.12. The van der Waals surface area contributed by atoms with E-state index in [0.29, 0.717) is 24.3 Å². The Morgan fingerprint density at radius 2 is 1.68 bits per heavy atom. The summed E-state index contributed by atoms with van der Waals surface area (Å²) in [6.07, 6.45) is 6.05. The fourth-order valence-electron chi connectivity index (χ4n) is 2.62. The van der Waals surface area contributed by atoms with Crippen LogP contribution in [0.5, 0.6) is 0 Å². The number of carbonyl (C=O) groups is 2. The van der Waals surface area contributed by atoms with Crippen molar-refractivity contribution in [3.63, 3.8) is 0 Å². The minimum atomic E-state index is -0.908. The number of hydrogen-bond donors (Lipinski definition) is 2. The van der Waals surface area contributed by atoms with Crippen molar-refractivity contribution in [2.75, 3.05) is 11.5 Å². The molecular weight excluding hydrogens is 266 g/mol. The lowest BCUT2D eigenvalue weighted by Gasteiger charge is -2.28. The van der Waals surface area contributed by atoms with Crippen LogP contribution in [0.4, 0.5) is 0 Å². The van der Waals surface area contributed by atoms with Gasteiger partial charge in [-0.1, -0.05) is 12.2 Å². The lowest BCUT2D eigenvalue weighted by molar-refractivity contribution is -0.147. The van der Waals surface area contributed by atoms with Gasteiger partial charge in [0.25, 0.3) is 0 Å². The highest BCUT2D eigenvalue weighted by Crippen LogP contribution is 2.26. The average molecular weight is 285 g/mol. The van der Waals surface area contributed by atoms with E-state index in [9.17, 15) is 13.8 Å². The van der Waals surface area contributed by atoms with Gasteiger partial charge >= 0.3 is 5.97 Å². The predicted molar refractivity (Wildman–Crippen MR) is 72.0 cm³/mol. The molecule has 0 aromatic rings. The van der Waals surface area contributed by atoms with Crippen molar-refractivity contribution in [3.8, 4) is 0 Å². The zero-order valence-corrected chi connectivity index (χ0v) is 11.5. The van der Waals surface area contributed by atoms with Gasteiger partial charge in [0.15, 0.2) is 0 Å². The summed E-state index contributed by atoms with van der Waals surface area (Å²) in [7, 11) is -0.751. The molecule has 1 heterocycles. The van der Waals surface area contributed by atoms with Gasteiger partial charge in [-0.25, -0.2) is 0 Å². The van der Waals surface area contributed by atoms with E-state index in [2.05, 4.69) is 5.32 Å². The van der Waals surface area contributed by atoms with E-state index in [1.807, 2.05) is 12.2 Å². The highest BCUT2D eigenvalue weighted by Gasteiger charge is 2.35. The molecule has 0 spiro atoms. The van der Waals surface area contributed by atoms with E-state index < -0.39 is 28.6 Å². The molecule has 6 heteroatoms. The van der Waals surface area contributed by atoms with Crippen molar-refractivity contribution in [3.05, 3.63) is 12.2 Å². The Hall–Kier alpha value is -1.17. The van der Waals surface area contributed by atoms with Gasteiger partial charge < -0.3 is 10.4 Å². The molecule has 2 rings (SSSR count). The van der Waals surface area contributed by atoms with Crippen LogP contribution in [0.3, 0.4) is 0 Å². The first-order chi connectivity index (χ1) is 9.08. The Morgan fingerprint density at radius 1 is 1.11 bits per heavy atom. The third-order valence-electron chi connectivity index (χ3n) is 3.82. The largest absolute Gasteiger partial charge is 0.481 e. The van der Waals surface area contributed by atoms with Gasteiger partial charge in [0.2, 0.25) is 5.91 Å². The number of carboxylic acid groups (broad SMARTS) is 1. The monoisotopic (exact) mass is 285 g/mol. The van der Waals surface area contributed by atoms with E-state index in [-0.39, 0.29) is 11.9 Å². The number of carboxylic acids is 1. The molecule has 0 radical (unpaired) electrons. The van der Waals surface area contributed by atoms with Crippen LogP contribution >= 0.6 is 0 Å². The predicted octanol–water partition coefficient (Wildman–Crippen LogP) is 0.681. The van der Waals surface area contributed by atoms with E-state index >= 15 is 0 Å². The fraction of sp³-hybridized carbons (Fsp3) is 0.692. The highest BCUT2D eigenvalue weighted by molar-refractivity contribution is 7.85. The molecule has 106 valence electrons. The Bertz CT molecular complexity index is 411. The van der Waals surface area contributed by atoms with E-state index in [1.54, 1.807) is 0 Å². The van der Waals surface area contributed by atoms with E-state index in [0.717, 1.165) is 12.8 Å². The molecule has 5 nitrogen and oxygen atoms in total. The van der Waals surface area contributed by atoms with Crippen molar-refractivity contribution in [2.45, 2.75) is 31.7 Å². The van der Waals surface area contributed by atoms with Crippen LogP contribution in [-0.4, -0.2) is 38.7 Å². The van der Waals surface area contributed by atoms with Crippen molar-refractivity contribution < 1.29 is 18.9 Å². The van der Waals surface area contributed by atoms with Crippen LogP contribution < -0.4 is 5.32 Å². The summed E-state index contributed by atoms with van der Waals surface area (Å²) in [6, 6.07) is 0.0468. The second-order valence-corrected chi connectivity index (χ2v) is 6.82. The molecule has 0 bridgehead atoms. The second kappa shape index (κ2) is 6.32. The minimum Gasteiger partial charge on any atom is -0.481 e. The van der Waals surface area contributed by atoms with Gasteiger partial charge in [-0.2, -0.15) is 0 Å². The Balaban J connectivity index is 1.93. The third-order valence-corrected chi connectivity index (χ3v) is 5.20. The van der Waals surface area contributed by atoms with Crippen LogP contribution in [0.1, 0.15) is 25.7 Å². The van der Waals surface area contributed by atoms with Gasteiger partial charge in [0.1, 0.15) is 0 Å². The fourth-order valence-corrected chi connectivity index (χ4v) is 3.92. The number of carbonyl (C=O) groups excluding carboxylic acids is 1. The zero-order valence-electron chi connectivity index (χ0n) is 10.7. The topological polar surface area (TPSA) is 83.5 Å². The van der Waals surface area contributed by atoms with Crippen molar-refractivity contribution in [1.29, 1.82) is 0 Å². The molecule has 2 N–H and O–H groups in total. The van der Waals surface area contributed by atoms with Gasteiger partial charge in [-0.3, -0.25) is 13.8 Å². The highest BCUT2D eigenvalue weighted by atomic mass is 32.2. The van der Waals surface area contributed by atoms with E-state index in [4.69, 9.17) is 5.11 Å². The lowest BCUT2D eigenvalue weighted by atomic mass is 9.82. The summed E-state index contributed by atoms with van der Waals surface area (Å²) in [5.74, 6) is -0.934. The first kappa shape index (κ1) is 14.2. The van der Waals surface area contributed by atoms with Gasteiger partial charge in [-0.05, 0) is 25.7 Å². The van der Waals surface area contributed by atoms with Gasteiger partial charge in [0, 0.05) is 28.3 Å². The molecule has 0 aromatic heterocycles. The molecule has 1 aliphatic heterocycles. The van der Waals surface area contributed by atoms with Crippen LogP contribution in [0.25, 0.3) is 0 Å². The summed E-state index contributed by atoms with van der Waals surface area (Å²) in [5, 5.41) is 12.1. The number of hydrogen-bond acceptors (Lipinski definition) is 3. The minimum absolute atomic E-state index is 0.0468. The summed E-state index contributed by atoms with van der Waals surface area (Å²) in [5.41, 5.74) is 0. The number of rotatable bonds is 3. The summed E-state index contributed by atoms with van der Waals surface area (Å²) in [6.45, 7) is 0. The summed E-state index contributed by atoms with van der Waals surface area (Å²) in [4.78, 5) is 23.3.